The van der Waals surface area contributed by atoms with E-state index in [2.05, 4.69) is 21.5 Å². The molecule has 6 nitrogen and oxygen atoms in total. The summed E-state index contributed by atoms with van der Waals surface area (Å²) >= 11 is 1.68. The van der Waals surface area contributed by atoms with Crippen LogP contribution in [0.4, 0.5) is 0 Å². The van der Waals surface area contributed by atoms with Gasteiger partial charge in [0.25, 0.3) is 5.91 Å². The minimum Gasteiger partial charge on any atom is -0.469 e. The zero-order valence-electron chi connectivity index (χ0n) is 15.2. The highest BCUT2D eigenvalue weighted by molar-refractivity contribution is 7.09. The van der Waals surface area contributed by atoms with Gasteiger partial charge in [-0.25, -0.2) is 9.67 Å². The summed E-state index contributed by atoms with van der Waals surface area (Å²) in [5.41, 5.74) is 2.12. The van der Waals surface area contributed by atoms with Crippen LogP contribution in [0.15, 0.2) is 52.6 Å². The number of nitrogens with zero attached hydrogens (tertiary/aromatic N) is 3. The summed E-state index contributed by atoms with van der Waals surface area (Å²) in [5.74, 6) is 0.725. The molecule has 0 aliphatic rings. The molecule has 0 aliphatic carbocycles. The number of furan rings is 1. The summed E-state index contributed by atoms with van der Waals surface area (Å²) in [4.78, 5) is 18.7. The molecule has 1 N–H and O–H groups in total. The van der Waals surface area contributed by atoms with Gasteiger partial charge in [0.1, 0.15) is 5.76 Å². The van der Waals surface area contributed by atoms with E-state index in [4.69, 9.17) is 4.42 Å². The maximum Gasteiger partial charge on any atom is 0.252 e. The van der Waals surface area contributed by atoms with Crippen LogP contribution in [-0.2, 0) is 13.0 Å². The highest BCUT2D eigenvalue weighted by Crippen LogP contribution is 2.20. The first-order valence-corrected chi connectivity index (χ1v) is 9.67. The van der Waals surface area contributed by atoms with Gasteiger partial charge in [-0.3, -0.25) is 4.79 Å². The fourth-order valence-corrected chi connectivity index (χ4v) is 3.80. The Morgan fingerprint density at radius 3 is 3.00 bits per heavy atom. The zero-order chi connectivity index (χ0) is 18.8. The number of nitrogens with one attached hydrogen (secondary N) is 1. The van der Waals surface area contributed by atoms with Crippen molar-refractivity contribution < 1.29 is 9.21 Å². The number of carbonyl (C=O) groups is 1. The fourth-order valence-electron chi connectivity index (χ4n) is 3.11. The van der Waals surface area contributed by atoms with E-state index in [0.717, 1.165) is 22.5 Å². The predicted molar refractivity (Wildman–Crippen MR) is 105 cm³/mol. The van der Waals surface area contributed by atoms with E-state index < -0.39 is 0 Å². The molecule has 4 rings (SSSR count). The summed E-state index contributed by atoms with van der Waals surface area (Å²) in [5, 5.41) is 10.3. The maximum absolute atomic E-state index is 12.9. The second-order valence-corrected chi connectivity index (χ2v) is 7.62. The van der Waals surface area contributed by atoms with Gasteiger partial charge in [0.2, 0.25) is 0 Å². The van der Waals surface area contributed by atoms with Crippen LogP contribution in [0.5, 0.6) is 0 Å². The highest BCUT2D eigenvalue weighted by atomic mass is 32.1. The number of pyridine rings is 1. The van der Waals surface area contributed by atoms with Crippen molar-refractivity contribution in [1.29, 1.82) is 0 Å². The summed E-state index contributed by atoms with van der Waals surface area (Å²) in [7, 11) is 0. The van der Waals surface area contributed by atoms with Crippen molar-refractivity contribution in [2.45, 2.75) is 32.9 Å². The van der Waals surface area contributed by atoms with E-state index in [-0.39, 0.29) is 11.9 Å². The second-order valence-electron chi connectivity index (χ2n) is 6.59. The molecule has 1 atom stereocenters. The van der Waals surface area contributed by atoms with Gasteiger partial charge in [0.05, 0.1) is 30.0 Å². The number of hydrogen-bond acceptors (Lipinski definition) is 5. The lowest BCUT2D eigenvalue weighted by molar-refractivity contribution is 0.0941. The van der Waals surface area contributed by atoms with Crippen molar-refractivity contribution in [3.05, 3.63) is 70.1 Å². The third-order valence-corrected chi connectivity index (χ3v) is 5.19. The van der Waals surface area contributed by atoms with Crippen LogP contribution < -0.4 is 5.32 Å². The number of aryl methyl sites for hydroxylation is 1. The van der Waals surface area contributed by atoms with Crippen molar-refractivity contribution in [2.75, 3.05) is 0 Å². The van der Waals surface area contributed by atoms with E-state index in [9.17, 15) is 4.79 Å². The van der Waals surface area contributed by atoms with Crippen molar-refractivity contribution in [1.82, 2.24) is 20.1 Å². The van der Waals surface area contributed by atoms with Gasteiger partial charge in [0, 0.05) is 23.0 Å². The average Bonchev–Trinajstić information content (AvgIpc) is 3.38. The lowest BCUT2D eigenvalue weighted by Gasteiger charge is -2.13. The summed E-state index contributed by atoms with van der Waals surface area (Å²) in [6.45, 7) is 4.50. The Hall–Kier alpha value is -2.93. The average molecular weight is 380 g/mol. The highest BCUT2D eigenvalue weighted by Gasteiger charge is 2.18. The Morgan fingerprint density at radius 1 is 1.37 bits per heavy atom. The number of thiophene rings is 1. The molecule has 1 unspecified atom stereocenters. The monoisotopic (exact) mass is 380 g/mol. The largest absolute Gasteiger partial charge is 0.469 e. The van der Waals surface area contributed by atoms with Gasteiger partial charge in [-0.1, -0.05) is 6.07 Å². The normalized spacial score (nSPS) is 12.4. The Morgan fingerprint density at radius 2 is 2.26 bits per heavy atom. The molecule has 4 heterocycles. The first-order chi connectivity index (χ1) is 13.1. The lowest BCUT2D eigenvalue weighted by Crippen LogP contribution is -2.34. The van der Waals surface area contributed by atoms with Gasteiger partial charge in [-0.2, -0.15) is 5.10 Å². The van der Waals surface area contributed by atoms with Crippen molar-refractivity contribution in [2.24, 2.45) is 0 Å². The Balaban J connectivity index is 1.59. The van der Waals surface area contributed by atoms with Gasteiger partial charge in [0.15, 0.2) is 5.65 Å². The minimum atomic E-state index is -0.125. The first kappa shape index (κ1) is 17.5. The van der Waals surface area contributed by atoms with E-state index in [1.807, 2.05) is 48.2 Å². The maximum atomic E-state index is 12.9. The molecular formula is C20H20N4O2S. The molecule has 0 saturated carbocycles. The van der Waals surface area contributed by atoms with E-state index in [1.165, 1.54) is 4.88 Å². The standard InChI is InChI=1S/C20H20N4O2S/c1-13(9-15-5-3-7-26-15)23-20(25)17-10-14(2)22-19-18(17)11-21-24(19)12-16-6-4-8-27-16/h3-8,10-11,13H,9,12H2,1-2H3,(H,23,25). The van der Waals surface area contributed by atoms with Gasteiger partial charge in [-0.05, 0) is 43.5 Å². The zero-order valence-corrected chi connectivity index (χ0v) is 16.0. The smallest absolute Gasteiger partial charge is 0.252 e. The van der Waals surface area contributed by atoms with Crippen LogP contribution >= 0.6 is 11.3 Å². The molecule has 0 bridgehead atoms. The molecule has 0 fully saturated rings. The minimum absolute atomic E-state index is 0.0478. The summed E-state index contributed by atoms with van der Waals surface area (Å²) in [6, 6.07) is 9.61. The van der Waals surface area contributed by atoms with Crippen LogP contribution in [0, 0.1) is 6.92 Å². The third kappa shape index (κ3) is 3.78. The molecule has 0 radical (unpaired) electrons. The Labute approximate surface area is 160 Å². The number of carbonyl (C=O) groups excluding carboxylic acids is 1. The third-order valence-electron chi connectivity index (χ3n) is 4.33. The van der Waals surface area contributed by atoms with E-state index >= 15 is 0 Å². The molecule has 1 amide bonds. The number of aromatic nitrogens is 3. The molecule has 0 saturated heterocycles. The van der Waals surface area contributed by atoms with E-state index in [1.54, 1.807) is 23.8 Å². The van der Waals surface area contributed by atoms with Crippen LogP contribution in [0.25, 0.3) is 11.0 Å². The van der Waals surface area contributed by atoms with Gasteiger partial charge in [-0.15, -0.1) is 11.3 Å². The van der Waals surface area contributed by atoms with Crippen LogP contribution in [0.1, 0.15) is 33.6 Å². The fraction of sp³-hybridized carbons (Fsp3) is 0.250. The Kier molecular flexibility index (Phi) is 4.77. The first-order valence-electron chi connectivity index (χ1n) is 8.79. The van der Waals surface area contributed by atoms with Crippen LogP contribution in [-0.4, -0.2) is 26.7 Å². The molecule has 27 heavy (non-hydrogen) atoms. The molecule has 0 spiro atoms. The molecule has 0 aromatic carbocycles. The van der Waals surface area contributed by atoms with Gasteiger partial charge >= 0.3 is 0 Å². The quantitative estimate of drug-likeness (QED) is 0.552. The van der Waals surface area contributed by atoms with Crippen molar-refractivity contribution >= 4 is 28.3 Å². The Bertz CT molecular complexity index is 1050. The molecule has 138 valence electrons. The number of hydrogen-bond donors (Lipinski definition) is 1. The molecule has 4 aromatic rings. The number of rotatable bonds is 6. The van der Waals surface area contributed by atoms with Crippen molar-refractivity contribution in [3.8, 4) is 0 Å². The molecule has 7 heteroatoms. The molecule has 0 aliphatic heterocycles. The SMILES string of the molecule is Cc1cc(C(=O)NC(C)Cc2ccco2)c2cnn(Cc3cccs3)c2n1. The van der Waals surface area contributed by atoms with Gasteiger partial charge < -0.3 is 9.73 Å². The van der Waals surface area contributed by atoms with Crippen LogP contribution in [0.3, 0.4) is 0 Å². The summed E-state index contributed by atoms with van der Waals surface area (Å²) < 4.78 is 7.20. The second kappa shape index (κ2) is 7.36. The van der Waals surface area contributed by atoms with Crippen molar-refractivity contribution in [3.63, 3.8) is 0 Å². The number of amides is 1. The lowest BCUT2D eigenvalue weighted by atomic mass is 10.1. The number of fused-ring (bicyclic) bond motifs is 1. The predicted octanol–water partition coefficient (Wildman–Crippen LogP) is 3.80. The summed E-state index contributed by atoms with van der Waals surface area (Å²) in [6.07, 6.45) is 4.01. The molecular weight excluding hydrogens is 360 g/mol. The topological polar surface area (TPSA) is 73.0 Å². The molecule has 4 aromatic heterocycles. The van der Waals surface area contributed by atoms with Crippen LogP contribution in [0.2, 0.25) is 0 Å². The van der Waals surface area contributed by atoms with E-state index in [0.29, 0.717) is 18.5 Å².